The van der Waals surface area contributed by atoms with E-state index in [1.165, 1.54) is 12.1 Å². The highest BCUT2D eigenvalue weighted by molar-refractivity contribution is 5.70. The zero-order valence-electron chi connectivity index (χ0n) is 10.3. The van der Waals surface area contributed by atoms with E-state index >= 15 is 0 Å². The third-order valence-corrected chi connectivity index (χ3v) is 2.90. The Morgan fingerprint density at radius 3 is 2.68 bits per heavy atom. The fraction of sp³-hybridized carbons (Fsp3) is 0.200. The number of benzene rings is 1. The largest absolute Gasteiger partial charge is 0.481 e. The van der Waals surface area contributed by atoms with Crippen molar-refractivity contribution in [1.29, 1.82) is 0 Å². The van der Waals surface area contributed by atoms with Crippen LogP contribution < -0.4 is 0 Å². The molecule has 0 aliphatic heterocycles. The van der Waals surface area contributed by atoms with Crippen LogP contribution >= 0.6 is 0 Å². The predicted octanol–water partition coefficient (Wildman–Crippen LogP) is 2.71. The first-order valence-electron chi connectivity index (χ1n) is 6.02. The molecule has 0 radical (unpaired) electrons. The molecule has 1 aromatic carbocycles. The van der Waals surface area contributed by atoms with E-state index in [-0.39, 0.29) is 5.82 Å². The average Bonchev–Trinajstić information content (AvgIpc) is 2.39. The Labute approximate surface area is 110 Å². The molecule has 4 heteroatoms. The summed E-state index contributed by atoms with van der Waals surface area (Å²) in [5.74, 6) is -1.84. The maximum Gasteiger partial charge on any atom is 0.307 e. The Hall–Kier alpha value is -2.23. The van der Waals surface area contributed by atoms with Crippen LogP contribution in [0, 0.1) is 11.7 Å². The molecule has 1 N–H and O–H groups in total. The van der Waals surface area contributed by atoms with Crippen molar-refractivity contribution in [3.63, 3.8) is 0 Å². The second-order valence-electron chi connectivity index (χ2n) is 4.39. The van der Waals surface area contributed by atoms with Gasteiger partial charge in [0.25, 0.3) is 0 Å². The molecule has 1 heterocycles. The molecule has 1 aromatic heterocycles. The van der Waals surface area contributed by atoms with Crippen LogP contribution in [0.5, 0.6) is 0 Å². The summed E-state index contributed by atoms with van der Waals surface area (Å²) >= 11 is 0. The molecule has 0 saturated carbocycles. The number of carboxylic acid groups (broad SMARTS) is 1. The van der Waals surface area contributed by atoms with E-state index in [9.17, 15) is 14.3 Å². The Bertz CT molecular complexity index is 557. The van der Waals surface area contributed by atoms with Crippen LogP contribution in [-0.4, -0.2) is 16.1 Å². The molecule has 1 atom stereocenters. The molecule has 1 unspecified atom stereocenters. The van der Waals surface area contributed by atoms with E-state index in [1.54, 1.807) is 30.5 Å². The maximum atomic E-state index is 13.1. The summed E-state index contributed by atoms with van der Waals surface area (Å²) in [6.45, 7) is 0. The lowest BCUT2D eigenvalue weighted by Gasteiger charge is -2.12. The first-order valence-corrected chi connectivity index (χ1v) is 6.02. The van der Waals surface area contributed by atoms with Crippen molar-refractivity contribution in [3.05, 3.63) is 65.7 Å². The molecule has 0 bridgehead atoms. The van der Waals surface area contributed by atoms with Crippen LogP contribution in [-0.2, 0) is 17.6 Å². The van der Waals surface area contributed by atoms with Gasteiger partial charge in [-0.05, 0) is 36.2 Å². The molecule has 0 aliphatic rings. The Balaban J connectivity index is 2.11. The van der Waals surface area contributed by atoms with Gasteiger partial charge >= 0.3 is 5.97 Å². The van der Waals surface area contributed by atoms with Crippen LogP contribution in [0.2, 0.25) is 0 Å². The molecule has 19 heavy (non-hydrogen) atoms. The molecular formula is C15H14FNO2. The minimum atomic E-state index is -0.894. The lowest BCUT2D eigenvalue weighted by Crippen LogP contribution is -2.19. The summed E-state index contributed by atoms with van der Waals surface area (Å²) in [6, 6.07) is 11.4. The quantitative estimate of drug-likeness (QED) is 0.898. The summed E-state index contributed by atoms with van der Waals surface area (Å²) in [7, 11) is 0. The van der Waals surface area contributed by atoms with Crippen LogP contribution in [0.25, 0.3) is 0 Å². The van der Waals surface area contributed by atoms with Crippen molar-refractivity contribution in [2.24, 2.45) is 5.92 Å². The monoisotopic (exact) mass is 259 g/mol. The second-order valence-corrected chi connectivity index (χ2v) is 4.39. The standard InChI is InChI=1S/C15H14FNO2/c16-13-5-3-4-11(9-13)8-12(15(18)19)10-14-6-1-2-7-17-14/h1-7,9,12H,8,10H2,(H,18,19). The van der Waals surface area contributed by atoms with Crippen LogP contribution in [0.15, 0.2) is 48.7 Å². The van der Waals surface area contributed by atoms with Crippen LogP contribution in [0.4, 0.5) is 4.39 Å². The van der Waals surface area contributed by atoms with E-state index in [1.807, 2.05) is 6.07 Å². The van der Waals surface area contributed by atoms with Crippen LogP contribution in [0.1, 0.15) is 11.3 Å². The van der Waals surface area contributed by atoms with Crippen molar-refractivity contribution in [1.82, 2.24) is 4.98 Å². The van der Waals surface area contributed by atoms with E-state index in [0.29, 0.717) is 18.4 Å². The number of carboxylic acids is 1. The van der Waals surface area contributed by atoms with Gasteiger partial charge in [0.2, 0.25) is 0 Å². The molecule has 0 fully saturated rings. The smallest absolute Gasteiger partial charge is 0.307 e. The molecular weight excluding hydrogens is 245 g/mol. The maximum absolute atomic E-state index is 13.1. The van der Waals surface area contributed by atoms with Gasteiger partial charge in [-0.1, -0.05) is 18.2 Å². The van der Waals surface area contributed by atoms with Gasteiger partial charge in [0.05, 0.1) is 5.92 Å². The van der Waals surface area contributed by atoms with Gasteiger partial charge in [0.15, 0.2) is 0 Å². The van der Waals surface area contributed by atoms with Crippen molar-refractivity contribution < 1.29 is 14.3 Å². The first-order chi connectivity index (χ1) is 9.15. The Kier molecular flexibility index (Phi) is 4.23. The molecule has 0 aliphatic carbocycles. The van der Waals surface area contributed by atoms with E-state index in [2.05, 4.69) is 4.98 Å². The molecule has 2 rings (SSSR count). The SMILES string of the molecule is O=C(O)C(Cc1cccc(F)c1)Cc1ccccn1. The third-order valence-electron chi connectivity index (χ3n) is 2.90. The number of rotatable bonds is 5. The van der Waals surface area contributed by atoms with Crippen molar-refractivity contribution in [2.75, 3.05) is 0 Å². The molecule has 0 saturated heterocycles. The second kappa shape index (κ2) is 6.09. The van der Waals surface area contributed by atoms with Gasteiger partial charge in [0.1, 0.15) is 5.82 Å². The Morgan fingerprint density at radius 2 is 2.05 bits per heavy atom. The van der Waals surface area contributed by atoms with Gasteiger partial charge in [-0.2, -0.15) is 0 Å². The predicted molar refractivity (Wildman–Crippen MR) is 69.2 cm³/mol. The highest BCUT2D eigenvalue weighted by Crippen LogP contribution is 2.15. The number of aromatic nitrogens is 1. The minimum Gasteiger partial charge on any atom is -0.481 e. The minimum absolute atomic E-state index is 0.295. The van der Waals surface area contributed by atoms with Gasteiger partial charge < -0.3 is 5.11 Å². The van der Waals surface area contributed by atoms with E-state index < -0.39 is 11.9 Å². The van der Waals surface area contributed by atoms with Gasteiger partial charge in [-0.25, -0.2) is 4.39 Å². The average molecular weight is 259 g/mol. The highest BCUT2D eigenvalue weighted by atomic mass is 19.1. The zero-order chi connectivity index (χ0) is 13.7. The summed E-state index contributed by atoms with van der Waals surface area (Å²) in [5, 5.41) is 9.24. The highest BCUT2D eigenvalue weighted by Gasteiger charge is 2.19. The van der Waals surface area contributed by atoms with Crippen molar-refractivity contribution >= 4 is 5.97 Å². The molecule has 0 amide bonds. The number of pyridine rings is 1. The lowest BCUT2D eigenvalue weighted by molar-refractivity contribution is -0.141. The third kappa shape index (κ3) is 3.88. The van der Waals surface area contributed by atoms with Gasteiger partial charge in [0, 0.05) is 18.3 Å². The first kappa shape index (κ1) is 13.2. The summed E-state index contributed by atoms with van der Waals surface area (Å²) in [5.41, 5.74) is 1.41. The molecule has 2 aromatic rings. The number of hydrogen-bond acceptors (Lipinski definition) is 2. The number of nitrogens with zero attached hydrogens (tertiary/aromatic N) is 1. The number of hydrogen-bond donors (Lipinski definition) is 1. The van der Waals surface area contributed by atoms with Gasteiger partial charge in [-0.15, -0.1) is 0 Å². The summed E-state index contributed by atoms with van der Waals surface area (Å²) < 4.78 is 13.1. The Morgan fingerprint density at radius 1 is 1.21 bits per heavy atom. The number of halogens is 1. The number of carbonyl (C=O) groups is 1. The lowest BCUT2D eigenvalue weighted by atomic mass is 9.94. The zero-order valence-corrected chi connectivity index (χ0v) is 10.3. The van der Waals surface area contributed by atoms with E-state index in [0.717, 1.165) is 5.69 Å². The topological polar surface area (TPSA) is 50.2 Å². The van der Waals surface area contributed by atoms with E-state index in [4.69, 9.17) is 0 Å². The molecule has 3 nitrogen and oxygen atoms in total. The molecule has 0 spiro atoms. The summed E-state index contributed by atoms with van der Waals surface area (Å²) in [4.78, 5) is 15.4. The van der Waals surface area contributed by atoms with Crippen LogP contribution in [0.3, 0.4) is 0 Å². The fourth-order valence-corrected chi connectivity index (χ4v) is 1.97. The normalized spacial score (nSPS) is 12.1. The van der Waals surface area contributed by atoms with Crippen molar-refractivity contribution in [2.45, 2.75) is 12.8 Å². The summed E-state index contributed by atoms with van der Waals surface area (Å²) in [6.07, 6.45) is 2.27. The van der Waals surface area contributed by atoms with Gasteiger partial charge in [-0.3, -0.25) is 9.78 Å². The molecule has 98 valence electrons. The van der Waals surface area contributed by atoms with Crippen molar-refractivity contribution in [3.8, 4) is 0 Å². The number of aliphatic carboxylic acids is 1. The fourth-order valence-electron chi connectivity index (χ4n) is 1.97.